The Morgan fingerprint density at radius 1 is 0.898 bits per heavy atom. The fourth-order valence-corrected chi connectivity index (χ4v) is 5.25. The van der Waals surface area contributed by atoms with Crippen LogP contribution in [-0.4, -0.2) is 85.4 Å². The molecule has 0 spiro atoms. The summed E-state index contributed by atoms with van der Waals surface area (Å²) in [5, 5.41) is 41.7. The Morgan fingerprint density at radius 3 is 2.18 bits per heavy atom. The number of hydrogen-bond acceptors (Lipinski definition) is 12. The van der Waals surface area contributed by atoms with Crippen molar-refractivity contribution in [3.05, 3.63) is 77.2 Å². The van der Waals surface area contributed by atoms with E-state index < -0.39 is 54.5 Å². The number of benzene rings is 1. The molecule has 1 aromatic carbocycles. The molecular weight excluding hydrogens is 646 g/mol. The maximum atomic E-state index is 13.2. The van der Waals surface area contributed by atoms with Crippen LogP contribution in [-0.2, 0) is 26.3 Å². The van der Waals surface area contributed by atoms with Crippen molar-refractivity contribution in [2.75, 3.05) is 0 Å². The highest BCUT2D eigenvalue weighted by Crippen LogP contribution is 2.39. The predicted molar refractivity (Wildman–Crippen MR) is 169 cm³/mol. The van der Waals surface area contributed by atoms with E-state index in [0.29, 0.717) is 12.1 Å². The third-order valence-corrected chi connectivity index (χ3v) is 7.90. The van der Waals surface area contributed by atoms with Crippen molar-refractivity contribution in [2.45, 2.75) is 114 Å². The number of carbonyl (C=O) groups is 1. The minimum atomic E-state index is -3.02. The topological polar surface area (TPSA) is 170 Å². The van der Waals surface area contributed by atoms with Gasteiger partial charge in [0.2, 0.25) is 12.2 Å². The molecule has 1 aliphatic heterocycles. The Morgan fingerprint density at radius 2 is 1.61 bits per heavy atom. The molecule has 2 aromatic heterocycles. The normalized spacial score (nSPS) is 23.6. The molecule has 2 fully saturated rings. The predicted octanol–water partition coefficient (Wildman–Crippen LogP) is 3.75. The number of hydrogen-bond donors (Lipinski definition) is 4. The molecule has 1 saturated carbocycles. The summed E-state index contributed by atoms with van der Waals surface area (Å²) in [6.07, 6.45) is -3.30. The lowest BCUT2D eigenvalue weighted by Gasteiger charge is -2.39. The van der Waals surface area contributed by atoms with Gasteiger partial charge in [0.25, 0.3) is 0 Å². The number of aromatic nitrogens is 2. The lowest BCUT2D eigenvalue weighted by atomic mass is 9.86. The summed E-state index contributed by atoms with van der Waals surface area (Å²) >= 11 is 0. The van der Waals surface area contributed by atoms with Crippen LogP contribution in [0.1, 0.15) is 75.8 Å². The smallest absolute Gasteiger partial charge is 0.387 e. The van der Waals surface area contributed by atoms with E-state index in [4.69, 9.17) is 23.7 Å². The summed E-state index contributed by atoms with van der Waals surface area (Å²) in [4.78, 5) is 21.4. The summed E-state index contributed by atoms with van der Waals surface area (Å²) in [6.45, 7) is 5.13. The molecule has 2 aliphatic rings. The molecule has 3 aromatic rings. The second-order valence-electron chi connectivity index (χ2n) is 13.7. The minimum absolute atomic E-state index is 0.000644. The van der Waals surface area contributed by atoms with Crippen molar-refractivity contribution in [1.29, 1.82) is 0 Å². The third-order valence-electron chi connectivity index (χ3n) is 7.90. The lowest BCUT2D eigenvalue weighted by Crippen LogP contribution is -2.61. The zero-order valence-corrected chi connectivity index (χ0v) is 27.8. The summed E-state index contributed by atoms with van der Waals surface area (Å²) in [5.74, 6) is -1.16. The van der Waals surface area contributed by atoms with Gasteiger partial charge in [0.05, 0.1) is 11.8 Å². The van der Waals surface area contributed by atoms with Gasteiger partial charge in [-0.1, -0.05) is 18.2 Å². The quantitative estimate of drug-likeness (QED) is 0.204. The van der Waals surface area contributed by atoms with Crippen LogP contribution in [0.2, 0.25) is 0 Å². The Kier molecular flexibility index (Phi) is 10.7. The van der Waals surface area contributed by atoms with E-state index in [1.165, 1.54) is 18.3 Å². The van der Waals surface area contributed by atoms with Gasteiger partial charge >= 0.3 is 12.6 Å². The van der Waals surface area contributed by atoms with Gasteiger partial charge in [0.1, 0.15) is 29.5 Å². The zero-order valence-electron chi connectivity index (χ0n) is 27.8. The summed E-state index contributed by atoms with van der Waals surface area (Å²) in [5.41, 5.74) is 0.643. The molecule has 266 valence electrons. The monoisotopic (exact) mass is 688 g/mol. The molecule has 3 heterocycles. The number of esters is 1. The molecule has 1 aliphatic carbocycles. The maximum Gasteiger partial charge on any atom is 0.387 e. The average molecular weight is 689 g/mol. The van der Waals surface area contributed by atoms with Crippen molar-refractivity contribution >= 4 is 5.97 Å². The highest BCUT2D eigenvalue weighted by molar-refractivity contribution is 5.76. The van der Waals surface area contributed by atoms with Crippen molar-refractivity contribution in [3.63, 3.8) is 0 Å². The lowest BCUT2D eigenvalue weighted by molar-refractivity contribution is -0.275. The molecule has 6 atom stereocenters. The van der Waals surface area contributed by atoms with Gasteiger partial charge in [0, 0.05) is 24.4 Å². The zero-order chi connectivity index (χ0) is 35.7. The highest BCUT2D eigenvalue weighted by Gasteiger charge is 2.49. The number of rotatable bonds is 12. The number of alkyl halides is 2. The Labute approximate surface area is 282 Å². The molecule has 2 unspecified atom stereocenters. The number of aliphatic hydroxyl groups is 4. The molecule has 5 rings (SSSR count). The average Bonchev–Trinajstić information content (AvgIpc) is 3.84. The Bertz CT molecular complexity index is 1570. The van der Waals surface area contributed by atoms with Crippen LogP contribution in [0.4, 0.5) is 8.78 Å². The van der Waals surface area contributed by atoms with Crippen LogP contribution in [0.5, 0.6) is 17.4 Å². The fourth-order valence-electron chi connectivity index (χ4n) is 5.25. The van der Waals surface area contributed by atoms with E-state index in [1.54, 1.807) is 65.1 Å². The van der Waals surface area contributed by atoms with Crippen LogP contribution >= 0.6 is 0 Å². The van der Waals surface area contributed by atoms with E-state index in [9.17, 15) is 34.0 Å². The van der Waals surface area contributed by atoms with Crippen LogP contribution in [0.15, 0.2) is 54.9 Å². The van der Waals surface area contributed by atoms with Crippen LogP contribution in [0.25, 0.3) is 0 Å². The van der Waals surface area contributed by atoms with Crippen LogP contribution in [0, 0.1) is 0 Å². The molecule has 0 amide bonds. The first kappa shape index (κ1) is 36.3. The second kappa shape index (κ2) is 14.5. The SMILES string of the molecule is CC(C)(C)OC(=O)C1O[C@@H](Oc2ccc(C[C@H](c3ccc(C(C)(C)O)nc3)c3ccc(OC(F)F)c(OC4CC4)c3)cn2)C(O)[C@H](O)[C@@H]1O. The Hall–Kier alpha value is -3.95. The molecule has 1 saturated heterocycles. The van der Waals surface area contributed by atoms with Gasteiger partial charge in [-0.05, 0) is 88.8 Å². The second-order valence-corrected chi connectivity index (χ2v) is 13.7. The fraction of sp³-hybridized carbons (Fsp3) is 0.514. The summed E-state index contributed by atoms with van der Waals surface area (Å²) in [7, 11) is 0. The molecule has 0 bridgehead atoms. The largest absolute Gasteiger partial charge is 0.487 e. The molecule has 4 N–H and O–H groups in total. The number of carbonyl (C=O) groups excluding carboxylic acids is 1. The number of pyridine rings is 2. The van der Waals surface area contributed by atoms with Gasteiger partial charge in [-0.3, -0.25) is 4.98 Å². The number of halogens is 2. The van der Waals surface area contributed by atoms with Gasteiger partial charge in [-0.2, -0.15) is 8.78 Å². The number of ether oxygens (including phenoxy) is 5. The summed E-state index contributed by atoms with van der Waals surface area (Å²) < 4.78 is 53.5. The van der Waals surface area contributed by atoms with Crippen molar-refractivity contribution in [1.82, 2.24) is 9.97 Å². The molecule has 0 radical (unpaired) electrons. The van der Waals surface area contributed by atoms with Gasteiger partial charge in [0.15, 0.2) is 17.6 Å². The van der Waals surface area contributed by atoms with Crippen LogP contribution < -0.4 is 14.2 Å². The van der Waals surface area contributed by atoms with E-state index >= 15 is 0 Å². The maximum absolute atomic E-state index is 13.2. The van der Waals surface area contributed by atoms with E-state index in [0.717, 1.165) is 29.5 Å². The Balaban J connectivity index is 1.38. The standard InChI is InChI=1S/C35H42F2N2O10/c1-34(2,3)49-31(43)30-28(41)27(40)29(42)32(48-30)47-26-13-6-18(16-39-26)14-22(20-8-12-25(38-17-20)35(4,5)44)19-7-11-23(46-33(36)37)24(15-19)45-21-9-10-21/h6-8,11-13,15-17,21-22,27-30,32-33,40-42,44H,9-10,14H2,1-5H3/t22-,27+,28-,29?,30?,32+/m0/s1. The third kappa shape index (κ3) is 9.40. The van der Waals surface area contributed by atoms with Gasteiger partial charge < -0.3 is 44.1 Å². The molecule has 49 heavy (non-hydrogen) atoms. The van der Waals surface area contributed by atoms with E-state index in [-0.39, 0.29) is 29.4 Å². The highest BCUT2D eigenvalue weighted by atomic mass is 19.3. The van der Waals surface area contributed by atoms with E-state index in [1.807, 2.05) is 6.07 Å². The minimum Gasteiger partial charge on any atom is -0.487 e. The first-order valence-electron chi connectivity index (χ1n) is 16.0. The van der Waals surface area contributed by atoms with Crippen LogP contribution in [0.3, 0.4) is 0 Å². The first-order chi connectivity index (χ1) is 23.0. The number of aliphatic hydroxyl groups excluding tert-OH is 3. The molecule has 12 nitrogen and oxygen atoms in total. The van der Waals surface area contributed by atoms with Gasteiger partial charge in [-0.15, -0.1) is 0 Å². The first-order valence-corrected chi connectivity index (χ1v) is 16.0. The molecule has 14 heteroatoms. The summed E-state index contributed by atoms with van der Waals surface area (Å²) in [6, 6.07) is 11.6. The van der Waals surface area contributed by atoms with Crippen molar-refractivity contribution < 1.29 is 57.7 Å². The van der Waals surface area contributed by atoms with Crippen molar-refractivity contribution in [2.24, 2.45) is 0 Å². The van der Waals surface area contributed by atoms with Crippen molar-refractivity contribution in [3.8, 4) is 17.4 Å². The van der Waals surface area contributed by atoms with Gasteiger partial charge in [-0.25, -0.2) is 9.78 Å². The molecular formula is C35H42F2N2O10. The van der Waals surface area contributed by atoms with E-state index in [2.05, 4.69) is 9.97 Å². The number of nitrogens with zero attached hydrogens (tertiary/aromatic N) is 2.